The number of hydrogen-bond acceptors (Lipinski definition) is 4. The van der Waals surface area contributed by atoms with Crippen LogP contribution in [0.15, 0.2) is 43.0 Å². The second kappa shape index (κ2) is 10.1. The molecule has 3 atom stereocenters. The summed E-state index contributed by atoms with van der Waals surface area (Å²) in [5, 5.41) is 9.50. The molecule has 30 heavy (non-hydrogen) atoms. The molecule has 1 N–H and O–H groups in total. The number of hydrogen-bond donors (Lipinski definition) is 1. The molecule has 0 radical (unpaired) electrons. The monoisotopic (exact) mass is 422 g/mol. The average molecular weight is 422 g/mol. The van der Waals surface area contributed by atoms with E-state index in [-0.39, 0.29) is 37.1 Å². The third-order valence-corrected chi connectivity index (χ3v) is 5.09. The van der Waals surface area contributed by atoms with E-state index >= 15 is 0 Å². The van der Waals surface area contributed by atoms with Gasteiger partial charge in [0, 0.05) is 11.5 Å². The van der Waals surface area contributed by atoms with Crippen molar-refractivity contribution in [1.82, 2.24) is 0 Å². The van der Waals surface area contributed by atoms with Gasteiger partial charge in [-0.15, -0.1) is 0 Å². The molecule has 1 fully saturated rings. The van der Waals surface area contributed by atoms with E-state index in [4.69, 9.17) is 14.2 Å². The molecular formula is C23H25F3O4. The lowest BCUT2D eigenvalue weighted by Gasteiger charge is -2.29. The molecule has 2 aromatic carbocycles. The number of benzene rings is 2. The van der Waals surface area contributed by atoms with Crippen molar-refractivity contribution in [2.75, 3.05) is 13.2 Å². The van der Waals surface area contributed by atoms with Crippen LogP contribution in [0.5, 0.6) is 5.75 Å². The SMILES string of the molecule is C=CCOc1ccc(C2CCC(OCc3ccc(C(C)O)cc3F)OC2)c(F)c1F. The number of ether oxygens (including phenoxy) is 3. The topological polar surface area (TPSA) is 47.9 Å². The second-order valence-corrected chi connectivity index (χ2v) is 7.26. The van der Waals surface area contributed by atoms with Crippen LogP contribution in [0, 0.1) is 17.5 Å². The van der Waals surface area contributed by atoms with E-state index in [1.54, 1.807) is 19.1 Å². The maximum Gasteiger partial charge on any atom is 0.200 e. The number of aliphatic hydroxyl groups is 1. The fourth-order valence-corrected chi connectivity index (χ4v) is 3.35. The zero-order valence-corrected chi connectivity index (χ0v) is 16.7. The Hall–Kier alpha value is -2.35. The Balaban J connectivity index is 1.55. The van der Waals surface area contributed by atoms with Gasteiger partial charge < -0.3 is 19.3 Å². The molecular weight excluding hydrogens is 397 g/mol. The molecule has 1 saturated heterocycles. The first-order valence-corrected chi connectivity index (χ1v) is 9.81. The van der Waals surface area contributed by atoms with Crippen molar-refractivity contribution in [1.29, 1.82) is 0 Å². The quantitative estimate of drug-likeness (QED) is 0.597. The van der Waals surface area contributed by atoms with Crippen LogP contribution in [-0.4, -0.2) is 24.6 Å². The summed E-state index contributed by atoms with van der Waals surface area (Å²) in [5.74, 6) is -2.89. The van der Waals surface area contributed by atoms with Crippen LogP contribution in [0.4, 0.5) is 13.2 Å². The molecule has 1 aliphatic rings. The Kier molecular flexibility index (Phi) is 7.53. The van der Waals surface area contributed by atoms with Gasteiger partial charge in [-0.05, 0) is 43.0 Å². The highest BCUT2D eigenvalue weighted by molar-refractivity contribution is 5.33. The first kappa shape index (κ1) is 22.3. The van der Waals surface area contributed by atoms with Gasteiger partial charge in [-0.25, -0.2) is 8.78 Å². The van der Waals surface area contributed by atoms with E-state index in [0.29, 0.717) is 24.0 Å². The highest BCUT2D eigenvalue weighted by Crippen LogP contribution is 2.34. The first-order chi connectivity index (χ1) is 14.4. The van der Waals surface area contributed by atoms with Crippen molar-refractivity contribution in [2.24, 2.45) is 0 Å². The normalized spacial score (nSPS) is 20.0. The highest BCUT2D eigenvalue weighted by atomic mass is 19.2. The molecule has 2 aromatic rings. The Morgan fingerprint density at radius 1 is 1.20 bits per heavy atom. The molecule has 4 nitrogen and oxygen atoms in total. The zero-order valence-electron chi connectivity index (χ0n) is 16.7. The first-order valence-electron chi connectivity index (χ1n) is 9.81. The molecule has 0 spiro atoms. The summed E-state index contributed by atoms with van der Waals surface area (Å²) in [6.07, 6.45) is 1.15. The molecule has 1 heterocycles. The number of rotatable bonds is 8. The van der Waals surface area contributed by atoms with Gasteiger partial charge in [0.1, 0.15) is 12.4 Å². The van der Waals surface area contributed by atoms with Gasteiger partial charge in [0.25, 0.3) is 0 Å². The molecule has 7 heteroatoms. The third-order valence-electron chi connectivity index (χ3n) is 5.09. The fourth-order valence-electron chi connectivity index (χ4n) is 3.35. The van der Waals surface area contributed by atoms with Gasteiger partial charge in [-0.2, -0.15) is 4.39 Å². The van der Waals surface area contributed by atoms with Gasteiger partial charge in [0.15, 0.2) is 17.9 Å². The standard InChI is InChI=1S/C23H25F3O4/c1-3-10-28-20-8-7-18(22(25)23(20)26)16-6-9-21(29-12-16)30-13-17-5-4-15(14(2)27)11-19(17)24/h3-5,7-8,11,14,16,21,27H,1,6,9-10,12-13H2,2H3. The van der Waals surface area contributed by atoms with Crippen molar-refractivity contribution >= 4 is 0 Å². The minimum absolute atomic E-state index is 0.0135. The van der Waals surface area contributed by atoms with E-state index in [0.717, 1.165) is 0 Å². The van der Waals surface area contributed by atoms with E-state index in [9.17, 15) is 18.3 Å². The van der Waals surface area contributed by atoms with Crippen molar-refractivity contribution in [3.05, 3.63) is 77.1 Å². The summed E-state index contributed by atoms with van der Waals surface area (Å²) >= 11 is 0. The Labute approximate surface area is 173 Å². The third kappa shape index (κ3) is 5.22. The summed E-state index contributed by atoms with van der Waals surface area (Å²) in [6.45, 7) is 5.30. The van der Waals surface area contributed by atoms with Crippen molar-refractivity contribution in [2.45, 2.75) is 44.7 Å². The lowest BCUT2D eigenvalue weighted by Crippen LogP contribution is -2.27. The molecule has 0 saturated carbocycles. The maximum absolute atomic E-state index is 14.4. The Morgan fingerprint density at radius 2 is 2.00 bits per heavy atom. The molecule has 0 bridgehead atoms. The lowest BCUT2D eigenvalue weighted by atomic mass is 9.92. The number of aliphatic hydroxyl groups excluding tert-OH is 1. The summed E-state index contributed by atoms with van der Waals surface area (Å²) in [4.78, 5) is 0. The summed E-state index contributed by atoms with van der Waals surface area (Å²) in [5.41, 5.74) is 1.08. The largest absolute Gasteiger partial charge is 0.486 e. The van der Waals surface area contributed by atoms with Crippen LogP contribution in [0.2, 0.25) is 0 Å². The molecule has 162 valence electrons. The molecule has 3 rings (SSSR count). The van der Waals surface area contributed by atoms with Gasteiger partial charge >= 0.3 is 0 Å². The number of halogens is 3. The lowest BCUT2D eigenvalue weighted by molar-refractivity contribution is -0.174. The van der Waals surface area contributed by atoms with Gasteiger partial charge in [-0.1, -0.05) is 30.9 Å². The van der Waals surface area contributed by atoms with E-state index in [1.807, 2.05) is 0 Å². The zero-order chi connectivity index (χ0) is 21.7. The highest BCUT2D eigenvalue weighted by Gasteiger charge is 2.27. The summed E-state index contributed by atoms with van der Waals surface area (Å²) in [6, 6.07) is 7.40. The molecule has 3 unspecified atom stereocenters. The van der Waals surface area contributed by atoms with Crippen LogP contribution < -0.4 is 4.74 Å². The van der Waals surface area contributed by atoms with Crippen LogP contribution in [0.1, 0.15) is 48.5 Å². The fraction of sp³-hybridized carbons (Fsp3) is 0.391. The summed E-state index contributed by atoms with van der Waals surface area (Å²) < 4.78 is 59.1. The van der Waals surface area contributed by atoms with Crippen molar-refractivity contribution < 1.29 is 32.5 Å². The smallest absolute Gasteiger partial charge is 0.200 e. The van der Waals surface area contributed by atoms with E-state index in [1.165, 1.54) is 24.3 Å². The Morgan fingerprint density at radius 3 is 2.63 bits per heavy atom. The Bertz CT molecular complexity index is 877. The second-order valence-electron chi connectivity index (χ2n) is 7.26. The minimum Gasteiger partial charge on any atom is -0.486 e. The van der Waals surface area contributed by atoms with Crippen LogP contribution >= 0.6 is 0 Å². The van der Waals surface area contributed by atoms with Crippen LogP contribution in [-0.2, 0) is 16.1 Å². The van der Waals surface area contributed by atoms with Crippen LogP contribution in [0.25, 0.3) is 0 Å². The molecule has 0 aliphatic carbocycles. The van der Waals surface area contributed by atoms with Gasteiger partial charge in [-0.3, -0.25) is 0 Å². The van der Waals surface area contributed by atoms with Crippen molar-refractivity contribution in [3.63, 3.8) is 0 Å². The van der Waals surface area contributed by atoms with E-state index < -0.39 is 29.8 Å². The van der Waals surface area contributed by atoms with E-state index in [2.05, 4.69) is 6.58 Å². The van der Waals surface area contributed by atoms with Gasteiger partial charge in [0.05, 0.1) is 19.3 Å². The average Bonchev–Trinajstić information content (AvgIpc) is 2.74. The van der Waals surface area contributed by atoms with Crippen LogP contribution in [0.3, 0.4) is 0 Å². The molecule has 1 aliphatic heterocycles. The predicted molar refractivity (Wildman–Crippen MR) is 106 cm³/mol. The van der Waals surface area contributed by atoms with Gasteiger partial charge in [0.2, 0.25) is 5.82 Å². The van der Waals surface area contributed by atoms with Crippen molar-refractivity contribution in [3.8, 4) is 5.75 Å². The molecule has 0 amide bonds. The predicted octanol–water partition coefficient (Wildman–Crippen LogP) is 5.16. The molecule has 0 aromatic heterocycles. The minimum atomic E-state index is -1.02. The maximum atomic E-state index is 14.4. The summed E-state index contributed by atoms with van der Waals surface area (Å²) in [7, 11) is 0.